The minimum Gasteiger partial charge on any atom is -0.309 e. The van der Waals surface area contributed by atoms with Crippen LogP contribution in [0.5, 0.6) is 0 Å². The molecule has 1 aliphatic rings. The second kappa shape index (κ2) is 8.85. The number of benzene rings is 1. The minimum atomic E-state index is 0.540. The number of aryl methyl sites for hydroxylation is 1. The molecule has 0 saturated heterocycles. The van der Waals surface area contributed by atoms with Gasteiger partial charge in [0.15, 0.2) is 0 Å². The van der Waals surface area contributed by atoms with Gasteiger partial charge in [0.25, 0.3) is 0 Å². The van der Waals surface area contributed by atoms with E-state index < -0.39 is 0 Å². The quantitative estimate of drug-likeness (QED) is 0.694. The van der Waals surface area contributed by atoms with Crippen LogP contribution in [-0.4, -0.2) is 17.5 Å². The van der Waals surface area contributed by atoms with Gasteiger partial charge in [0.1, 0.15) is 0 Å². The molecule has 3 atom stereocenters. The summed E-state index contributed by atoms with van der Waals surface area (Å²) in [5, 5.41) is 4.57. The van der Waals surface area contributed by atoms with Crippen molar-refractivity contribution >= 4 is 11.8 Å². The van der Waals surface area contributed by atoms with Crippen LogP contribution in [0.15, 0.2) is 24.3 Å². The van der Waals surface area contributed by atoms with Gasteiger partial charge in [-0.3, -0.25) is 0 Å². The van der Waals surface area contributed by atoms with Gasteiger partial charge < -0.3 is 5.32 Å². The highest BCUT2D eigenvalue weighted by Crippen LogP contribution is 2.36. The molecule has 21 heavy (non-hydrogen) atoms. The first-order valence-electron chi connectivity index (χ1n) is 8.69. The summed E-state index contributed by atoms with van der Waals surface area (Å²) in [6, 6.07) is 9.63. The number of nitrogens with one attached hydrogen (secondary N) is 1. The molecule has 2 heteroatoms. The Morgan fingerprint density at radius 1 is 1.29 bits per heavy atom. The molecule has 1 nitrogen and oxygen atoms in total. The van der Waals surface area contributed by atoms with Crippen molar-refractivity contribution in [3.8, 4) is 0 Å². The summed E-state index contributed by atoms with van der Waals surface area (Å²) in [4.78, 5) is 0. The molecule has 0 aromatic heterocycles. The zero-order chi connectivity index (χ0) is 15.1. The van der Waals surface area contributed by atoms with Gasteiger partial charge in [-0.05, 0) is 55.0 Å². The van der Waals surface area contributed by atoms with Crippen LogP contribution in [0, 0.1) is 5.92 Å². The van der Waals surface area contributed by atoms with Crippen molar-refractivity contribution in [2.75, 3.05) is 12.3 Å². The predicted octanol–water partition coefficient (Wildman–Crippen LogP) is 5.21. The van der Waals surface area contributed by atoms with Crippen LogP contribution < -0.4 is 5.32 Å². The second-order valence-electron chi connectivity index (χ2n) is 6.41. The fourth-order valence-electron chi connectivity index (χ4n) is 3.05. The van der Waals surface area contributed by atoms with Gasteiger partial charge in [0.2, 0.25) is 0 Å². The van der Waals surface area contributed by atoms with Gasteiger partial charge in [-0.15, -0.1) is 0 Å². The smallest absolute Gasteiger partial charge is 0.0443 e. The summed E-state index contributed by atoms with van der Waals surface area (Å²) in [7, 11) is 0. The van der Waals surface area contributed by atoms with Gasteiger partial charge in [0.05, 0.1) is 0 Å². The van der Waals surface area contributed by atoms with E-state index in [1.807, 2.05) is 0 Å². The van der Waals surface area contributed by atoms with Crippen LogP contribution in [0.4, 0.5) is 0 Å². The van der Waals surface area contributed by atoms with E-state index in [9.17, 15) is 0 Å². The van der Waals surface area contributed by atoms with Crippen molar-refractivity contribution in [1.29, 1.82) is 0 Å². The van der Waals surface area contributed by atoms with Gasteiger partial charge in [-0.1, -0.05) is 51.5 Å². The molecule has 1 N–H and O–H groups in total. The fourth-order valence-corrected chi connectivity index (χ4v) is 4.63. The Hall–Kier alpha value is -0.470. The molecule has 0 radical (unpaired) electrons. The third kappa shape index (κ3) is 4.75. The summed E-state index contributed by atoms with van der Waals surface area (Å²) in [6.07, 6.45) is 6.43. The number of fused-ring (bicyclic) bond motifs is 1. The molecule has 1 aromatic carbocycles. The van der Waals surface area contributed by atoms with Crippen molar-refractivity contribution in [2.45, 2.75) is 64.2 Å². The van der Waals surface area contributed by atoms with Crippen LogP contribution in [0.1, 0.15) is 63.6 Å². The van der Waals surface area contributed by atoms with Gasteiger partial charge >= 0.3 is 0 Å². The lowest BCUT2D eigenvalue weighted by Gasteiger charge is -2.28. The molecule has 0 amide bonds. The van der Waals surface area contributed by atoms with E-state index in [-0.39, 0.29) is 0 Å². The van der Waals surface area contributed by atoms with Crippen LogP contribution in [-0.2, 0) is 6.42 Å². The Morgan fingerprint density at radius 2 is 2.10 bits per heavy atom. The molecule has 0 saturated carbocycles. The van der Waals surface area contributed by atoms with E-state index in [2.05, 4.69) is 62.1 Å². The zero-order valence-corrected chi connectivity index (χ0v) is 14.7. The van der Waals surface area contributed by atoms with Crippen LogP contribution in [0.3, 0.4) is 0 Å². The molecular weight excluding hydrogens is 274 g/mol. The highest BCUT2D eigenvalue weighted by Gasteiger charge is 2.27. The molecule has 1 aliphatic carbocycles. The van der Waals surface area contributed by atoms with Crippen molar-refractivity contribution in [3.05, 3.63) is 35.4 Å². The maximum atomic E-state index is 3.84. The van der Waals surface area contributed by atoms with Crippen molar-refractivity contribution in [1.82, 2.24) is 5.32 Å². The summed E-state index contributed by atoms with van der Waals surface area (Å²) < 4.78 is 0. The molecule has 118 valence electrons. The summed E-state index contributed by atoms with van der Waals surface area (Å²) in [6.45, 7) is 8.07. The molecule has 1 aromatic rings. The largest absolute Gasteiger partial charge is 0.309 e. The normalized spacial score (nSPS) is 23.4. The average molecular weight is 306 g/mol. The van der Waals surface area contributed by atoms with Crippen molar-refractivity contribution in [3.63, 3.8) is 0 Å². The molecule has 2 rings (SSSR count). The molecule has 0 aliphatic heterocycles. The Labute approximate surface area is 135 Å². The Bertz CT molecular complexity index is 418. The lowest BCUT2D eigenvalue weighted by molar-refractivity contribution is 0.499. The lowest BCUT2D eigenvalue weighted by Crippen LogP contribution is -2.31. The minimum absolute atomic E-state index is 0.540. The van der Waals surface area contributed by atoms with E-state index >= 15 is 0 Å². The highest BCUT2D eigenvalue weighted by molar-refractivity contribution is 7.99. The molecule has 0 spiro atoms. The van der Waals surface area contributed by atoms with E-state index in [0.29, 0.717) is 6.04 Å². The number of hydrogen-bond acceptors (Lipinski definition) is 2. The topological polar surface area (TPSA) is 12.0 Å². The standard InChI is InChI=1S/C19H31NS/c1-4-13-20-19-17-11-7-6-9-16(17)10-8-12-18(19)21-14-15(3)5-2/h6-7,9,11,15,18-20H,4-5,8,10,12-14H2,1-3H3. The molecule has 0 fully saturated rings. The molecule has 3 unspecified atom stereocenters. The fraction of sp³-hybridized carbons (Fsp3) is 0.684. The Balaban J connectivity index is 2.14. The number of hydrogen-bond donors (Lipinski definition) is 1. The van der Waals surface area contributed by atoms with Crippen LogP contribution in [0.25, 0.3) is 0 Å². The summed E-state index contributed by atoms with van der Waals surface area (Å²) in [5.74, 6) is 2.13. The van der Waals surface area contributed by atoms with E-state index in [1.54, 1.807) is 11.1 Å². The first kappa shape index (κ1) is 16.9. The SMILES string of the molecule is CCCNC1c2ccccc2CCCC1SCC(C)CC. The van der Waals surface area contributed by atoms with E-state index in [4.69, 9.17) is 0 Å². The average Bonchev–Trinajstić information content (AvgIpc) is 2.69. The summed E-state index contributed by atoms with van der Waals surface area (Å²) >= 11 is 2.20. The summed E-state index contributed by atoms with van der Waals surface area (Å²) in [5.41, 5.74) is 3.13. The van der Waals surface area contributed by atoms with Gasteiger partial charge in [0, 0.05) is 11.3 Å². The maximum absolute atomic E-state index is 3.84. The van der Waals surface area contributed by atoms with Crippen molar-refractivity contribution < 1.29 is 0 Å². The first-order valence-corrected chi connectivity index (χ1v) is 9.73. The van der Waals surface area contributed by atoms with Crippen LogP contribution >= 0.6 is 11.8 Å². The second-order valence-corrected chi connectivity index (χ2v) is 7.68. The highest BCUT2D eigenvalue weighted by atomic mass is 32.2. The monoisotopic (exact) mass is 305 g/mol. The Morgan fingerprint density at radius 3 is 2.86 bits per heavy atom. The lowest BCUT2D eigenvalue weighted by atomic mass is 9.99. The predicted molar refractivity (Wildman–Crippen MR) is 96.1 cm³/mol. The van der Waals surface area contributed by atoms with E-state index in [0.717, 1.165) is 17.7 Å². The molecule has 0 heterocycles. The number of thioether (sulfide) groups is 1. The van der Waals surface area contributed by atoms with Gasteiger partial charge in [-0.25, -0.2) is 0 Å². The van der Waals surface area contributed by atoms with Gasteiger partial charge in [-0.2, -0.15) is 11.8 Å². The number of rotatable bonds is 7. The molecule has 0 bridgehead atoms. The Kier molecular flexibility index (Phi) is 7.12. The third-order valence-corrected chi connectivity index (χ3v) is 6.30. The third-order valence-electron chi connectivity index (χ3n) is 4.60. The van der Waals surface area contributed by atoms with Crippen molar-refractivity contribution in [2.24, 2.45) is 5.92 Å². The van der Waals surface area contributed by atoms with Crippen LogP contribution in [0.2, 0.25) is 0 Å². The first-order chi connectivity index (χ1) is 10.3. The van der Waals surface area contributed by atoms with E-state index in [1.165, 1.54) is 37.9 Å². The molecular formula is C19H31NS. The maximum Gasteiger partial charge on any atom is 0.0443 e. The zero-order valence-electron chi connectivity index (χ0n) is 13.9.